The highest BCUT2D eigenvalue weighted by Gasteiger charge is 2.44. The fourth-order valence-corrected chi connectivity index (χ4v) is 12.9. The lowest BCUT2D eigenvalue weighted by Gasteiger charge is -2.32. The van der Waals surface area contributed by atoms with E-state index in [1.54, 1.807) is 48.5 Å². The summed E-state index contributed by atoms with van der Waals surface area (Å²) in [6, 6.07) is 33.6. The van der Waals surface area contributed by atoms with Gasteiger partial charge in [0.1, 0.15) is 47.8 Å². The Morgan fingerprint density at radius 2 is 1.17 bits per heavy atom. The van der Waals surface area contributed by atoms with Gasteiger partial charge in [-0.25, -0.2) is 0 Å². The van der Waals surface area contributed by atoms with Crippen molar-refractivity contribution in [2.75, 3.05) is 32.8 Å². The monoisotopic (exact) mass is 1430 g/mol. The van der Waals surface area contributed by atoms with Crippen molar-refractivity contribution in [2.24, 2.45) is 11.5 Å². The van der Waals surface area contributed by atoms with Gasteiger partial charge in [-0.2, -0.15) is 16.8 Å². The third kappa shape index (κ3) is 24.0. The summed E-state index contributed by atoms with van der Waals surface area (Å²) in [5, 5.41) is 35.0. The molecule has 0 aromatic heterocycles. The Morgan fingerprint density at radius 3 is 1.71 bits per heavy atom. The van der Waals surface area contributed by atoms with Crippen molar-refractivity contribution in [3.05, 3.63) is 168 Å². The van der Waals surface area contributed by atoms with Gasteiger partial charge in [-0.05, 0) is 186 Å². The molecule has 3 aliphatic heterocycles. The summed E-state index contributed by atoms with van der Waals surface area (Å²) >= 11 is 0. The topological polar surface area (TPSA) is 397 Å². The molecule has 101 heavy (non-hydrogen) atoms. The molecule has 0 bridgehead atoms. The van der Waals surface area contributed by atoms with E-state index in [-0.39, 0.29) is 85.7 Å². The fraction of sp³-hybridized carbons (Fsp3) is 0.419. The molecule has 0 saturated carbocycles. The number of fused-ring (bicyclic) bond motifs is 2. The third-order valence-electron chi connectivity index (χ3n) is 17.7. The van der Waals surface area contributed by atoms with Gasteiger partial charge >= 0.3 is 0 Å². The zero-order chi connectivity index (χ0) is 73.4. The minimum Gasteiger partial charge on any atom is -0.508 e. The maximum atomic E-state index is 14.5. The molecule has 7 amide bonds. The first-order valence-corrected chi connectivity index (χ1v) is 37.1. The first kappa shape index (κ1) is 79.2. The second-order valence-electron chi connectivity index (χ2n) is 25.7. The lowest BCUT2D eigenvalue weighted by Crippen LogP contribution is -2.61. The molecule has 0 unspecified atom stereocenters. The molecule has 3 heterocycles. The Balaban J connectivity index is 0.000000549. The third-order valence-corrected chi connectivity index (χ3v) is 19.4. The van der Waals surface area contributed by atoms with E-state index >= 15 is 0 Å². The number of nitrogens with zero attached hydrogens (tertiary/aromatic N) is 2. The van der Waals surface area contributed by atoms with Gasteiger partial charge < -0.3 is 62.8 Å². The van der Waals surface area contributed by atoms with Gasteiger partial charge in [-0.3, -0.25) is 42.7 Å². The van der Waals surface area contributed by atoms with Crippen LogP contribution in [0.4, 0.5) is 0 Å². The number of aryl methyl sites for hydroxylation is 3. The lowest BCUT2D eigenvalue weighted by molar-refractivity contribution is -0.144. The van der Waals surface area contributed by atoms with E-state index in [0.29, 0.717) is 32.4 Å². The molecular formula is C74H95N9O16S2. The summed E-state index contributed by atoms with van der Waals surface area (Å²) < 4.78 is 65.0. The maximum Gasteiger partial charge on any atom is 0.294 e. The highest BCUT2D eigenvalue weighted by molar-refractivity contribution is 7.86. The van der Waals surface area contributed by atoms with E-state index in [2.05, 4.69) is 33.5 Å². The number of carbonyl (C=O) groups excluding carboxylic acids is 7. The van der Waals surface area contributed by atoms with Crippen LogP contribution in [-0.4, -0.2) is 168 Å². The van der Waals surface area contributed by atoms with E-state index in [4.69, 9.17) is 25.3 Å². The molecule has 3 aliphatic rings. The summed E-state index contributed by atoms with van der Waals surface area (Å²) in [6.07, 6.45) is 5.59. The van der Waals surface area contributed by atoms with Gasteiger partial charge in [0.25, 0.3) is 26.1 Å². The van der Waals surface area contributed by atoms with E-state index < -0.39 is 110 Å². The SMILES string of the molecule is CCCCCCOc1ccc(-c2ccc(-c3ccc(C(=O)N[C@H]4CCCNC(=O)[C@@H]5C[C@H](N)CN5C(=O)[C@H](CCCCN)NC(=O)[C@H](CCc5ccc(O)cc5)NC(=O)[C@@H]5CCCN5C(=O)[C@H]([C@@H](C)O)NC4=O)cc3)cc2)cc1.Cc1ccc(S(=O)(=O)O)cc1.Cc1ccc(S(=O)(=O)O)cc1. The van der Waals surface area contributed by atoms with Gasteiger partial charge in [0.05, 0.1) is 22.5 Å². The molecular weight excluding hydrogens is 1330 g/mol. The van der Waals surface area contributed by atoms with Crippen LogP contribution in [0.2, 0.25) is 0 Å². The van der Waals surface area contributed by atoms with Crippen LogP contribution in [0, 0.1) is 13.8 Å². The Kier molecular flexibility index (Phi) is 29.9. The first-order valence-electron chi connectivity index (χ1n) is 34.2. The number of unbranched alkanes of at least 4 members (excludes halogenated alkanes) is 4. The van der Waals surface area contributed by atoms with E-state index in [1.165, 1.54) is 66.0 Å². The Bertz CT molecular complexity index is 3890. The summed E-state index contributed by atoms with van der Waals surface area (Å²) in [6.45, 7) is 8.42. The van der Waals surface area contributed by atoms with Crippen molar-refractivity contribution in [1.29, 1.82) is 0 Å². The van der Waals surface area contributed by atoms with Crippen LogP contribution < -0.4 is 42.8 Å². The van der Waals surface area contributed by atoms with Crippen molar-refractivity contribution >= 4 is 61.6 Å². The number of carbonyl (C=O) groups is 7. The molecule has 544 valence electrons. The number of aliphatic hydroxyl groups excluding tert-OH is 1. The van der Waals surface area contributed by atoms with Crippen LogP contribution in [0.5, 0.6) is 11.5 Å². The molecule has 27 heteroatoms. The second kappa shape index (κ2) is 38.1. The van der Waals surface area contributed by atoms with Crippen molar-refractivity contribution in [1.82, 2.24) is 36.4 Å². The molecule has 0 spiro atoms. The minimum atomic E-state index is -4.02. The van der Waals surface area contributed by atoms with Gasteiger partial charge in [0, 0.05) is 31.2 Å². The number of phenols is 1. The predicted octanol–water partition coefficient (Wildman–Crippen LogP) is 6.69. The molecule has 3 fully saturated rings. The number of amides is 7. The van der Waals surface area contributed by atoms with Gasteiger partial charge in [0.2, 0.25) is 35.4 Å². The number of rotatable bonds is 20. The number of benzene rings is 6. The van der Waals surface area contributed by atoms with Gasteiger partial charge in [0.15, 0.2) is 0 Å². The standard InChI is InChI=1S/C60H79N9O10.2C7H8O3S/c1-3-4-5-8-35-79-47-29-25-43(26-30-47)41-19-17-40(18-20-41)42-21-23-44(24-22-42)54(72)64-48-12-9-33-63-57(75)52-36-45(62)37-69(52)59(77)50(11-6-7-32-61)66-55(73)49(31-16-39-14-27-46(71)28-15-39)65-58(76)51-13-10-34-68(51)60(78)53(38(2)70)67-56(48)74;2*1-6-2-4-7(5-3-6)11(8,9)10/h14-15,17-30,38,45,48-53,70-71H,3-13,16,31-37,61-62H2,1-2H3,(H,63,75)(H,64,72)(H,65,76)(H,66,73)(H,67,74);2*2-5H,1H3,(H,8,9,10)/t38-,45+,48+,49+,50+,51+,52+,53+;;/m1../s1. The van der Waals surface area contributed by atoms with Crippen LogP contribution in [0.15, 0.2) is 155 Å². The van der Waals surface area contributed by atoms with Crippen molar-refractivity contribution < 1.29 is 74.5 Å². The summed E-state index contributed by atoms with van der Waals surface area (Å²) in [5.41, 5.74) is 19.0. The first-order chi connectivity index (χ1) is 48.1. The number of phenolic OH excluding ortho intramolecular Hbond substituents is 1. The zero-order valence-corrected chi connectivity index (χ0v) is 59.1. The summed E-state index contributed by atoms with van der Waals surface area (Å²) in [5.74, 6) is -3.55. The fourth-order valence-electron chi connectivity index (χ4n) is 11.9. The molecule has 8 atom stereocenters. The van der Waals surface area contributed by atoms with Crippen molar-refractivity contribution in [3.8, 4) is 33.8 Å². The van der Waals surface area contributed by atoms with E-state index in [1.807, 2.05) is 74.5 Å². The van der Waals surface area contributed by atoms with Crippen LogP contribution in [-0.2, 0) is 55.4 Å². The Hall–Kier alpha value is -9.09. The van der Waals surface area contributed by atoms with Crippen LogP contribution in [0.3, 0.4) is 0 Å². The predicted molar refractivity (Wildman–Crippen MR) is 382 cm³/mol. The van der Waals surface area contributed by atoms with Crippen LogP contribution in [0.25, 0.3) is 22.3 Å². The normalized spacial score (nSPS) is 20.5. The highest BCUT2D eigenvalue weighted by atomic mass is 32.2. The highest BCUT2D eigenvalue weighted by Crippen LogP contribution is 2.28. The number of aliphatic hydroxyl groups is 1. The minimum absolute atomic E-state index is 0.0137. The number of hydrogen-bond acceptors (Lipinski definition) is 16. The largest absolute Gasteiger partial charge is 0.508 e. The number of hydrogen-bond donors (Lipinski definition) is 11. The number of nitrogens with one attached hydrogen (secondary N) is 5. The van der Waals surface area contributed by atoms with E-state index in [9.17, 15) is 60.6 Å². The summed E-state index contributed by atoms with van der Waals surface area (Å²) in [7, 11) is -8.04. The lowest BCUT2D eigenvalue weighted by atomic mass is 9.99. The molecule has 0 radical (unpaired) electrons. The maximum absolute atomic E-state index is 14.5. The number of ether oxygens (including phenoxy) is 1. The van der Waals surface area contributed by atoms with Crippen molar-refractivity contribution in [2.45, 2.75) is 176 Å². The molecule has 13 N–H and O–H groups in total. The second-order valence-corrected chi connectivity index (χ2v) is 28.5. The van der Waals surface area contributed by atoms with Crippen molar-refractivity contribution in [3.63, 3.8) is 0 Å². The number of aromatic hydroxyl groups is 1. The van der Waals surface area contributed by atoms with E-state index in [0.717, 1.165) is 57.5 Å². The number of nitrogens with two attached hydrogens (primary N) is 2. The molecule has 6 aromatic carbocycles. The Labute approximate surface area is 591 Å². The Morgan fingerprint density at radius 1 is 0.614 bits per heavy atom. The zero-order valence-electron chi connectivity index (χ0n) is 57.5. The average molecular weight is 1430 g/mol. The van der Waals surface area contributed by atoms with Crippen LogP contribution >= 0.6 is 0 Å². The molecule has 6 aromatic rings. The molecule has 9 rings (SSSR count). The average Bonchev–Trinajstić information content (AvgIpc) is 1.71. The summed E-state index contributed by atoms with van der Waals surface area (Å²) in [4.78, 5) is 103. The molecule has 25 nitrogen and oxygen atoms in total. The van der Waals surface area contributed by atoms with Gasteiger partial charge in [-0.1, -0.05) is 122 Å². The smallest absolute Gasteiger partial charge is 0.294 e. The van der Waals surface area contributed by atoms with Crippen LogP contribution in [0.1, 0.15) is 124 Å². The molecule has 3 saturated heterocycles. The quantitative estimate of drug-likeness (QED) is 0.0280. The molecule has 0 aliphatic carbocycles. The van der Waals surface area contributed by atoms with Gasteiger partial charge in [-0.15, -0.1) is 0 Å².